The molecule has 0 aliphatic heterocycles. The number of imidazole rings is 1. The number of halogens is 1. The first-order valence-corrected chi connectivity index (χ1v) is 6.09. The average molecular weight is 288 g/mol. The summed E-state index contributed by atoms with van der Waals surface area (Å²) in [5.74, 6) is 0.925. The standard InChI is InChI=1S/C13H10BrN3/c1-9-4-7-17-11(8-9)12(14)16-13(17)10-2-5-15-6-3-10/h2-8H,1H3. The number of fused-ring (bicyclic) bond motifs is 1. The van der Waals surface area contributed by atoms with E-state index in [2.05, 4.69) is 49.4 Å². The first-order chi connectivity index (χ1) is 8.25. The first kappa shape index (κ1) is 10.5. The Morgan fingerprint density at radius 3 is 2.71 bits per heavy atom. The Hall–Kier alpha value is -1.68. The molecule has 3 heterocycles. The van der Waals surface area contributed by atoms with Gasteiger partial charge >= 0.3 is 0 Å². The molecule has 0 radical (unpaired) electrons. The van der Waals surface area contributed by atoms with Gasteiger partial charge in [0.1, 0.15) is 10.4 Å². The minimum absolute atomic E-state index is 0.869. The van der Waals surface area contributed by atoms with Gasteiger partial charge in [0.05, 0.1) is 5.52 Å². The highest BCUT2D eigenvalue weighted by Crippen LogP contribution is 2.26. The largest absolute Gasteiger partial charge is 0.299 e. The molecule has 17 heavy (non-hydrogen) atoms. The van der Waals surface area contributed by atoms with Crippen molar-refractivity contribution in [2.45, 2.75) is 6.92 Å². The second kappa shape index (κ2) is 3.96. The Balaban J connectivity index is 2.32. The maximum Gasteiger partial charge on any atom is 0.146 e. The second-order valence-electron chi connectivity index (χ2n) is 3.92. The summed E-state index contributed by atoms with van der Waals surface area (Å²) in [4.78, 5) is 8.58. The van der Waals surface area contributed by atoms with E-state index >= 15 is 0 Å². The molecule has 0 atom stereocenters. The van der Waals surface area contributed by atoms with Crippen LogP contribution in [0.4, 0.5) is 0 Å². The summed E-state index contributed by atoms with van der Waals surface area (Å²) in [6, 6.07) is 8.11. The van der Waals surface area contributed by atoms with Gasteiger partial charge in [-0.15, -0.1) is 0 Å². The highest BCUT2D eigenvalue weighted by molar-refractivity contribution is 9.10. The summed E-state index contributed by atoms with van der Waals surface area (Å²) in [5.41, 5.74) is 3.36. The van der Waals surface area contributed by atoms with Crippen LogP contribution in [-0.2, 0) is 0 Å². The van der Waals surface area contributed by atoms with Gasteiger partial charge in [0, 0.05) is 24.2 Å². The van der Waals surface area contributed by atoms with Gasteiger partial charge in [-0.25, -0.2) is 4.98 Å². The number of pyridine rings is 2. The normalized spacial score (nSPS) is 10.9. The molecular formula is C13H10BrN3. The van der Waals surface area contributed by atoms with Crippen molar-refractivity contribution in [1.82, 2.24) is 14.4 Å². The Labute approximate surface area is 107 Å². The molecule has 3 nitrogen and oxygen atoms in total. The molecule has 0 saturated carbocycles. The molecule has 0 unspecified atom stereocenters. The highest BCUT2D eigenvalue weighted by atomic mass is 79.9. The maximum atomic E-state index is 4.55. The van der Waals surface area contributed by atoms with Crippen LogP contribution in [0.2, 0.25) is 0 Å². The average Bonchev–Trinajstić information content (AvgIpc) is 2.68. The summed E-state index contributed by atoms with van der Waals surface area (Å²) in [6.07, 6.45) is 5.59. The van der Waals surface area contributed by atoms with Crippen molar-refractivity contribution in [3.05, 3.63) is 53.0 Å². The fraction of sp³-hybridized carbons (Fsp3) is 0.0769. The SMILES string of the molecule is Cc1ccn2c(-c3ccncc3)nc(Br)c2c1. The van der Waals surface area contributed by atoms with Crippen LogP contribution in [-0.4, -0.2) is 14.4 Å². The molecule has 84 valence electrons. The van der Waals surface area contributed by atoms with Gasteiger partial charge in [-0.1, -0.05) is 0 Å². The predicted octanol–water partition coefficient (Wildman–Crippen LogP) is 3.47. The lowest BCUT2D eigenvalue weighted by Crippen LogP contribution is -1.89. The molecule has 0 saturated heterocycles. The van der Waals surface area contributed by atoms with Crippen molar-refractivity contribution in [3.8, 4) is 11.4 Å². The molecule has 0 N–H and O–H groups in total. The summed E-state index contributed by atoms with van der Waals surface area (Å²) in [5, 5.41) is 0. The van der Waals surface area contributed by atoms with E-state index in [4.69, 9.17) is 0 Å². The van der Waals surface area contributed by atoms with Crippen molar-refractivity contribution >= 4 is 21.4 Å². The summed E-state index contributed by atoms with van der Waals surface area (Å²) < 4.78 is 2.94. The Kier molecular flexibility index (Phi) is 2.44. The lowest BCUT2D eigenvalue weighted by molar-refractivity contribution is 1.15. The van der Waals surface area contributed by atoms with Crippen molar-refractivity contribution in [2.24, 2.45) is 0 Å². The molecule has 0 aromatic carbocycles. The molecule has 0 spiro atoms. The van der Waals surface area contributed by atoms with Gasteiger partial charge in [0.25, 0.3) is 0 Å². The highest BCUT2D eigenvalue weighted by Gasteiger charge is 2.10. The van der Waals surface area contributed by atoms with E-state index in [1.807, 2.05) is 18.3 Å². The Bertz CT molecular complexity index is 674. The quantitative estimate of drug-likeness (QED) is 0.686. The predicted molar refractivity (Wildman–Crippen MR) is 70.9 cm³/mol. The van der Waals surface area contributed by atoms with Crippen LogP contribution in [0.3, 0.4) is 0 Å². The van der Waals surface area contributed by atoms with Gasteiger partial charge in [-0.05, 0) is 52.7 Å². The van der Waals surface area contributed by atoms with Gasteiger partial charge in [-0.3, -0.25) is 9.38 Å². The fourth-order valence-electron chi connectivity index (χ4n) is 1.86. The zero-order chi connectivity index (χ0) is 11.8. The van der Waals surface area contributed by atoms with Gasteiger partial charge < -0.3 is 0 Å². The van der Waals surface area contributed by atoms with E-state index in [0.717, 1.165) is 21.5 Å². The lowest BCUT2D eigenvalue weighted by atomic mass is 10.2. The molecular weight excluding hydrogens is 278 g/mol. The summed E-state index contributed by atoms with van der Waals surface area (Å²) in [7, 11) is 0. The van der Waals surface area contributed by atoms with E-state index < -0.39 is 0 Å². The minimum atomic E-state index is 0.869. The topological polar surface area (TPSA) is 30.2 Å². The first-order valence-electron chi connectivity index (χ1n) is 5.30. The molecule has 3 aromatic rings. The summed E-state index contributed by atoms with van der Waals surface area (Å²) in [6.45, 7) is 2.07. The number of aryl methyl sites for hydroxylation is 1. The van der Waals surface area contributed by atoms with E-state index in [-0.39, 0.29) is 0 Å². The molecule has 4 heteroatoms. The molecule has 0 bridgehead atoms. The van der Waals surface area contributed by atoms with Crippen LogP contribution in [0.5, 0.6) is 0 Å². The van der Waals surface area contributed by atoms with E-state index in [1.54, 1.807) is 12.4 Å². The van der Waals surface area contributed by atoms with E-state index in [0.29, 0.717) is 0 Å². The zero-order valence-electron chi connectivity index (χ0n) is 9.26. The van der Waals surface area contributed by atoms with Gasteiger partial charge in [0.2, 0.25) is 0 Å². The molecule has 0 amide bonds. The minimum Gasteiger partial charge on any atom is -0.299 e. The van der Waals surface area contributed by atoms with Crippen molar-refractivity contribution in [3.63, 3.8) is 0 Å². The van der Waals surface area contributed by atoms with Crippen molar-refractivity contribution < 1.29 is 0 Å². The number of nitrogens with zero attached hydrogens (tertiary/aromatic N) is 3. The number of rotatable bonds is 1. The zero-order valence-corrected chi connectivity index (χ0v) is 10.8. The maximum absolute atomic E-state index is 4.55. The van der Waals surface area contributed by atoms with E-state index in [9.17, 15) is 0 Å². The van der Waals surface area contributed by atoms with Crippen LogP contribution in [0.25, 0.3) is 16.9 Å². The van der Waals surface area contributed by atoms with Crippen LogP contribution in [0.15, 0.2) is 47.5 Å². The van der Waals surface area contributed by atoms with Crippen molar-refractivity contribution in [2.75, 3.05) is 0 Å². The van der Waals surface area contributed by atoms with Gasteiger partial charge in [0.15, 0.2) is 0 Å². The van der Waals surface area contributed by atoms with Crippen LogP contribution >= 0.6 is 15.9 Å². The van der Waals surface area contributed by atoms with Crippen molar-refractivity contribution in [1.29, 1.82) is 0 Å². The number of hydrogen-bond acceptors (Lipinski definition) is 2. The number of aromatic nitrogens is 3. The van der Waals surface area contributed by atoms with Crippen LogP contribution in [0, 0.1) is 6.92 Å². The monoisotopic (exact) mass is 287 g/mol. The third-order valence-corrected chi connectivity index (χ3v) is 3.28. The third-order valence-electron chi connectivity index (χ3n) is 2.69. The summed E-state index contributed by atoms with van der Waals surface area (Å²) >= 11 is 3.50. The molecule has 0 aliphatic carbocycles. The molecule has 3 aromatic heterocycles. The Morgan fingerprint density at radius 1 is 1.18 bits per heavy atom. The van der Waals surface area contributed by atoms with Gasteiger partial charge in [-0.2, -0.15) is 0 Å². The fourth-order valence-corrected chi connectivity index (χ4v) is 2.33. The molecule has 0 aliphatic rings. The smallest absolute Gasteiger partial charge is 0.146 e. The number of hydrogen-bond donors (Lipinski definition) is 0. The third kappa shape index (κ3) is 1.74. The molecule has 3 rings (SSSR count). The molecule has 0 fully saturated rings. The van der Waals surface area contributed by atoms with Crippen LogP contribution < -0.4 is 0 Å². The lowest BCUT2D eigenvalue weighted by Gasteiger charge is -2.01. The second-order valence-corrected chi connectivity index (χ2v) is 4.67. The van der Waals surface area contributed by atoms with E-state index in [1.165, 1.54) is 5.56 Å². The van der Waals surface area contributed by atoms with Crippen LogP contribution in [0.1, 0.15) is 5.56 Å². The Morgan fingerprint density at radius 2 is 1.94 bits per heavy atom.